The monoisotopic (exact) mass is 198 g/mol. The molecule has 0 atom stereocenters. The SMILES string of the molecule is CSc1ccccc1COC(=O)O. The molecule has 0 fully saturated rings. The van der Waals surface area contributed by atoms with Gasteiger partial charge in [0.2, 0.25) is 0 Å². The summed E-state index contributed by atoms with van der Waals surface area (Å²) >= 11 is 1.57. The summed E-state index contributed by atoms with van der Waals surface area (Å²) in [6, 6.07) is 7.57. The summed E-state index contributed by atoms with van der Waals surface area (Å²) in [5, 5.41) is 8.31. The molecule has 0 saturated heterocycles. The number of carboxylic acid groups (broad SMARTS) is 1. The molecule has 0 spiro atoms. The molecule has 1 N–H and O–H groups in total. The Morgan fingerprint density at radius 2 is 2.23 bits per heavy atom. The lowest BCUT2D eigenvalue weighted by atomic mass is 10.2. The Kier molecular flexibility index (Phi) is 3.64. The van der Waals surface area contributed by atoms with E-state index in [1.165, 1.54) is 0 Å². The van der Waals surface area contributed by atoms with Gasteiger partial charge in [-0.3, -0.25) is 0 Å². The molecule has 3 nitrogen and oxygen atoms in total. The summed E-state index contributed by atoms with van der Waals surface area (Å²) in [5.41, 5.74) is 0.900. The average molecular weight is 198 g/mol. The summed E-state index contributed by atoms with van der Waals surface area (Å²) in [5.74, 6) is 0. The van der Waals surface area contributed by atoms with Crippen LogP contribution in [0.1, 0.15) is 5.56 Å². The maximum Gasteiger partial charge on any atom is 0.506 e. The van der Waals surface area contributed by atoms with E-state index >= 15 is 0 Å². The van der Waals surface area contributed by atoms with Gasteiger partial charge in [-0.1, -0.05) is 18.2 Å². The third-order valence-electron chi connectivity index (χ3n) is 1.54. The molecule has 1 aromatic carbocycles. The summed E-state index contributed by atoms with van der Waals surface area (Å²) in [7, 11) is 0. The Balaban J connectivity index is 2.69. The molecule has 0 radical (unpaired) electrons. The second-order valence-corrected chi connectivity index (χ2v) is 3.21. The first kappa shape index (κ1) is 9.92. The van der Waals surface area contributed by atoms with Gasteiger partial charge in [-0.2, -0.15) is 0 Å². The van der Waals surface area contributed by atoms with Crippen LogP contribution in [0.4, 0.5) is 4.79 Å². The van der Waals surface area contributed by atoms with E-state index in [4.69, 9.17) is 5.11 Å². The van der Waals surface area contributed by atoms with Gasteiger partial charge in [-0.05, 0) is 12.3 Å². The highest BCUT2D eigenvalue weighted by Crippen LogP contribution is 2.20. The third-order valence-corrected chi connectivity index (χ3v) is 2.38. The minimum absolute atomic E-state index is 0.117. The van der Waals surface area contributed by atoms with Crippen molar-refractivity contribution < 1.29 is 14.6 Å². The Morgan fingerprint density at radius 1 is 1.54 bits per heavy atom. The fourth-order valence-electron chi connectivity index (χ4n) is 0.962. The first-order valence-electron chi connectivity index (χ1n) is 3.71. The zero-order chi connectivity index (χ0) is 9.68. The van der Waals surface area contributed by atoms with E-state index < -0.39 is 6.16 Å². The minimum atomic E-state index is -1.24. The number of ether oxygens (including phenoxy) is 1. The third kappa shape index (κ3) is 2.99. The lowest BCUT2D eigenvalue weighted by molar-refractivity contribution is 0.0847. The van der Waals surface area contributed by atoms with Crippen molar-refractivity contribution in [1.82, 2.24) is 0 Å². The fraction of sp³-hybridized carbons (Fsp3) is 0.222. The second kappa shape index (κ2) is 4.77. The lowest BCUT2D eigenvalue weighted by Crippen LogP contribution is -2.00. The van der Waals surface area contributed by atoms with Gasteiger partial charge in [-0.25, -0.2) is 4.79 Å². The summed E-state index contributed by atoms with van der Waals surface area (Å²) in [6.45, 7) is 0.117. The van der Waals surface area contributed by atoms with Crippen LogP contribution in [0, 0.1) is 0 Å². The molecular weight excluding hydrogens is 188 g/mol. The molecule has 0 aliphatic heterocycles. The quantitative estimate of drug-likeness (QED) is 0.599. The summed E-state index contributed by atoms with van der Waals surface area (Å²) in [6.07, 6.45) is 0.704. The van der Waals surface area contributed by atoms with Crippen LogP contribution >= 0.6 is 11.8 Å². The molecule has 0 aliphatic rings. The Morgan fingerprint density at radius 3 is 2.85 bits per heavy atom. The Hall–Kier alpha value is -1.16. The van der Waals surface area contributed by atoms with Gasteiger partial charge in [0.15, 0.2) is 0 Å². The number of carbonyl (C=O) groups is 1. The predicted octanol–water partition coefficient (Wildman–Crippen LogP) is 2.60. The lowest BCUT2D eigenvalue weighted by Gasteiger charge is -2.05. The highest BCUT2D eigenvalue weighted by molar-refractivity contribution is 7.98. The molecule has 0 heterocycles. The van der Waals surface area contributed by atoms with Crippen molar-refractivity contribution >= 4 is 17.9 Å². The predicted molar refractivity (Wildman–Crippen MR) is 51.0 cm³/mol. The van der Waals surface area contributed by atoms with Crippen molar-refractivity contribution in [3.8, 4) is 0 Å². The van der Waals surface area contributed by atoms with Crippen LogP contribution in [0.3, 0.4) is 0 Å². The first-order valence-corrected chi connectivity index (χ1v) is 4.94. The van der Waals surface area contributed by atoms with Crippen molar-refractivity contribution in [2.75, 3.05) is 6.26 Å². The molecule has 0 aliphatic carbocycles. The number of benzene rings is 1. The van der Waals surface area contributed by atoms with Gasteiger partial charge in [0.1, 0.15) is 6.61 Å². The number of hydrogen-bond acceptors (Lipinski definition) is 3. The minimum Gasteiger partial charge on any atom is -0.450 e. The molecule has 0 unspecified atom stereocenters. The zero-order valence-electron chi connectivity index (χ0n) is 7.19. The van der Waals surface area contributed by atoms with E-state index in [2.05, 4.69) is 4.74 Å². The normalized spacial score (nSPS) is 9.62. The van der Waals surface area contributed by atoms with Gasteiger partial charge < -0.3 is 9.84 Å². The summed E-state index contributed by atoms with van der Waals surface area (Å²) < 4.78 is 4.47. The topological polar surface area (TPSA) is 46.5 Å². The van der Waals surface area contributed by atoms with Crippen LogP contribution in [0.2, 0.25) is 0 Å². The average Bonchev–Trinajstić information content (AvgIpc) is 2.15. The van der Waals surface area contributed by atoms with Gasteiger partial charge >= 0.3 is 6.16 Å². The molecule has 0 saturated carbocycles. The molecule has 1 rings (SSSR count). The zero-order valence-corrected chi connectivity index (χ0v) is 8.00. The Bertz CT molecular complexity index is 299. The van der Waals surface area contributed by atoms with Crippen LogP contribution in [-0.4, -0.2) is 17.5 Å². The Labute approximate surface area is 80.7 Å². The van der Waals surface area contributed by atoms with Gasteiger partial charge in [0.05, 0.1) is 0 Å². The van der Waals surface area contributed by atoms with E-state index in [1.807, 2.05) is 30.5 Å². The van der Waals surface area contributed by atoms with Crippen molar-refractivity contribution in [2.45, 2.75) is 11.5 Å². The van der Waals surface area contributed by atoms with E-state index in [0.29, 0.717) is 0 Å². The molecule has 4 heteroatoms. The highest BCUT2D eigenvalue weighted by Gasteiger charge is 2.02. The standard InChI is InChI=1S/C9H10O3S/c1-13-8-5-3-2-4-7(8)6-12-9(10)11/h2-5H,6H2,1H3,(H,10,11). The molecule has 0 amide bonds. The molecule has 1 aromatic rings. The van der Waals surface area contributed by atoms with Crippen molar-refractivity contribution in [3.05, 3.63) is 29.8 Å². The van der Waals surface area contributed by atoms with E-state index in [9.17, 15) is 4.79 Å². The van der Waals surface area contributed by atoms with E-state index in [1.54, 1.807) is 11.8 Å². The fourth-order valence-corrected chi connectivity index (χ4v) is 1.57. The second-order valence-electron chi connectivity index (χ2n) is 2.37. The number of thioether (sulfide) groups is 1. The van der Waals surface area contributed by atoms with Crippen LogP contribution in [-0.2, 0) is 11.3 Å². The van der Waals surface area contributed by atoms with Crippen molar-refractivity contribution in [2.24, 2.45) is 0 Å². The van der Waals surface area contributed by atoms with Crippen LogP contribution in [0.25, 0.3) is 0 Å². The van der Waals surface area contributed by atoms with Crippen molar-refractivity contribution in [3.63, 3.8) is 0 Å². The maximum absolute atomic E-state index is 10.1. The molecule has 13 heavy (non-hydrogen) atoms. The first-order chi connectivity index (χ1) is 6.24. The summed E-state index contributed by atoms with van der Waals surface area (Å²) in [4.78, 5) is 11.2. The smallest absolute Gasteiger partial charge is 0.450 e. The maximum atomic E-state index is 10.1. The van der Waals surface area contributed by atoms with Gasteiger partial charge in [0, 0.05) is 10.5 Å². The molecule has 0 aromatic heterocycles. The van der Waals surface area contributed by atoms with Crippen molar-refractivity contribution in [1.29, 1.82) is 0 Å². The molecule has 70 valence electrons. The largest absolute Gasteiger partial charge is 0.506 e. The number of rotatable bonds is 3. The van der Waals surface area contributed by atoms with Crippen LogP contribution in [0.5, 0.6) is 0 Å². The highest BCUT2D eigenvalue weighted by atomic mass is 32.2. The van der Waals surface area contributed by atoms with Gasteiger partial charge in [0.25, 0.3) is 0 Å². The van der Waals surface area contributed by atoms with E-state index in [0.717, 1.165) is 10.5 Å². The molecule has 0 bridgehead atoms. The van der Waals surface area contributed by atoms with E-state index in [-0.39, 0.29) is 6.61 Å². The molecular formula is C9H10O3S. The van der Waals surface area contributed by atoms with Crippen LogP contribution in [0.15, 0.2) is 29.2 Å². The number of hydrogen-bond donors (Lipinski definition) is 1. The van der Waals surface area contributed by atoms with Gasteiger partial charge in [-0.15, -0.1) is 11.8 Å². The van der Waals surface area contributed by atoms with Crippen LogP contribution < -0.4 is 0 Å².